The van der Waals surface area contributed by atoms with Crippen molar-refractivity contribution in [2.45, 2.75) is 79.2 Å². The minimum absolute atomic E-state index is 0. The highest BCUT2D eigenvalue weighted by atomic mass is 35.5. The molecule has 0 aromatic carbocycles. The predicted octanol–water partition coefficient (Wildman–Crippen LogP) is 3.07. The van der Waals surface area contributed by atoms with Crippen molar-refractivity contribution in [1.29, 1.82) is 0 Å². The summed E-state index contributed by atoms with van der Waals surface area (Å²) < 4.78 is 4.16. The van der Waals surface area contributed by atoms with Crippen LogP contribution < -0.4 is 22.5 Å². The van der Waals surface area contributed by atoms with Gasteiger partial charge in [0, 0.05) is 0 Å². The summed E-state index contributed by atoms with van der Waals surface area (Å²) in [6, 6.07) is 0. The molecule has 0 radical (unpaired) electrons. The molecule has 0 saturated heterocycles. The van der Waals surface area contributed by atoms with Crippen LogP contribution in [-0.4, -0.2) is 21.6 Å². The molecule has 2 aromatic rings. The molecule has 0 bridgehead atoms. The number of rotatable bonds is 10. The molecular weight excluding hydrogens is 446 g/mol. The number of aromatic nitrogens is 4. The molecule has 1 aliphatic carbocycles. The van der Waals surface area contributed by atoms with Crippen molar-refractivity contribution in [3.63, 3.8) is 0 Å². The highest BCUT2D eigenvalue weighted by Gasteiger charge is 2.33. The Labute approximate surface area is 211 Å². The minimum atomic E-state index is 0. The van der Waals surface area contributed by atoms with Gasteiger partial charge < -0.3 is 12.4 Å². The Balaban J connectivity index is 0.00000408. The topological polar surface area (TPSA) is 55.9 Å². The fraction of sp³-hybridized carbons (Fsp3) is 0.593. The van der Waals surface area contributed by atoms with E-state index in [9.17, 15) is 0 Å². The van der Waals surface area contributed by atoms with E-state index in [0.29, 0.717) is 17.2 Å². The van der Waals surface area contributed by atoms with E-state index in [0.717, 1.165) is 30.6 Å². The van der Waals surface area contributed by atoms with E-state index >= 15 is 0 Å². The van der Waals surface area contributed by atoms with Gasteiger partial charge in [0.25, 0.3) is 0 Å². The van der Waals surface area contributed by atoms with Gasteiger partial charge in [-0.1, -0.05) is 54.3 Å². The molecule has 6 nitrogen and oxygen atoms in total. The van der Waals surface area contributed by atoms with Crippen LogP contribution in [0.5, 0.6) is 0 Å². The van der Waals surface area contributed by atoms with Crippen LogP contribution in [0, 0.1) is 11.3 Å². The fourth-order valence-electron chi connectivity index (χ4n) is 5.17. The molecule has 188 valence electrons. The second kappa shape index (κ2) is 12.5. The second-order valence-electron chi connectivity index (χ2n) is 10.3. The van der Waals surface area contributed by atoms with Gasteiger partial charge in [-0.05, 0) is 70.1 Å². The number of fused-ring (bicyclic) bond motifs is 1. The monoisotopic (exact) mass is 487 g/mol. The van der Waals surface area contributed by atoms with Crippen molar-refractivity contribution in [3.8, 4) is 0 Å². The number of hydrogen-bond donors (Lipinski definition) is 1. The molecule has 0 aliphatic heterocycles. The maximum Gasteiger partial charge on any atom is 0.307 e. The van der Waals surface area contributed by atoms with E-state index in [1.807, 2.05) is 11.6 Å². The molecule has 1 atom stereocenters. The maximum absolute atomic E-state index is 5.09. The molecule has 2 heterocycles. The van der Waals surface area contributed by atoms with Crippen molar-refractivity contribution in [3.05, 3.63) is 48.1 Å². The summed E-state index contributed by atoms with van der Waals surface area (Å²) >= 11 is 0. The quantitative estimate of drug-likeness (QED) is 0.318. The smallest absolute Gasteiger partial charge is 0.307 e. The van der Waals surface area contributed by atoms with Gasteiger partial charge in [-0.2, -0.15) is 4.98 Å². The Morgan fingerprint density at radius 1 is 1.26 bits per heavy atom. The first-order valence-electron chi connectivity index (χ1n) is 12.2. The van der Waals surface area contributed by atoms with Gasteiger partial charge in [0.05, 0.1) is 20.7 Å². The van der Waals surface area contributed by atoms with Gasteiger partial charge in [-0.3, -0.25) is 9.40 Å². The van der Waals surface area contributed by atoms with E-state index in [-0.39, 0.29) is 12.4 Å². The van der Waals surface area contributed by atoms with Crippen LogP contribution in [0.3, 0.4) is 0 Å². The molecule has 1 fully saturated rings. The number of allylic oxidation sites excluding steroid dienone is 5. The lowest BCUT2D eigenvalue weighted by molar-refractivity contribution is -0.647. The number of imidazole rings is 1. The van der Waals surface area contributed by atoms with Gasteiger partial charge in [-0.15, -0.1) is 0 Å². The molecule has 1 saturated carbocycles. The zero-order valence-corrected chi connectivity index (χ0v) is 22.6. The van der Waals surface area contributed by atoms with Gasteiger partial charge >= 0.3 is 5.65 Å². The molecule has 7 heteroatoms. The first-order valence-corrected chi connectivity index (χ1v) is 12.2. The number of aryl methyl sites for hydroxylation is 1. The molecule has 0 amide bonds. The van der Waals surface area contributed by atoms with E-state index in [1.165, 1.54) is 48.8 Å². The van der Waals surface area contributed by atoms with E-state index in [2.05, 4.69) is 72.8 Å². The first-order chi connectivity index (χ1) is 15.7. The molecule has 0 spiro atoms. The average Bonchev–Trinajstić information content (AvgIpc) is 3.08. The Kier molecular flexibility index (Phi) is 10.3. The average molecular weight is 488 g/mol. The Morgan fingerprint density at radius 2 is 2.00 bits per heavy atom. The van der Waals surface area contributed by atoms with Crippen molar-refractivity contribution in [2.75, 3.05) is 12.6 Å². The SMILES string of the molecule is C=C1CCCC(C)(C)[C@@H]1CC/C(C)=C/CC/C(C)=C/Cn1c[n+](C)c2ncnc(NOC)c21.[Cl-]. The molecule has 1 aliphatic rings. The standard InChI is InChI=1S/C27H42N5O.ClH/c1-20(13-14-23-22(3)12-9-16-27(23,4)5)10-8-11-21(2)15-17-32-19-31(6)26-24(32)25(30-33-7)28-18-29-26;/h10,15,18-19,23H,3,8-9,11-14,16-17H2,1-2,4-7H3,(H,28,29,30);1H/q+1;/p-1/b20-10+,21-15+;/t23-;/m1./s1. The molecule has 3 rings (SSSR count). The number of halogens is 1. The van der Waals surface area contributed by atoms with Crippen LogP contribution in [0.1, 0.15) is 72.6 Å². The third-order valence-electron chi connectivity index (χ3n) is 7.19. The number of nitrogens with one attached hydrogen (secondary N) is 1. The third-order valence-corrected chi connectivity index (χ3v) is 7.19. The minimum Gasteiger partial charge on any atom is -1.00 e. The van der Waals surface area contributed by atoms with Crippen molar-refractivity contribution in [1.82, 2.24) is 14.5 Å². The van der Waals surface area contributed by atoms with Crippen molar-refractivity contribution in [2.24, 2.45) is 18.4 Å². The highest BCUT2D eigenvalue weighted by molar-refractivity contribution is 5.80. The third kappa shape index (κ3) is 6.92. The number of nitrogens with zero attached hydrogens (tertiary/aromatic N) is 4. The summed E-state index contributed by atoms with van der Waals surface area (Å²) in [7, 11) is 3.59. The molecule has 34 heavy (non-hydrogen) atoms. The summed E-state index contributed by atoms with van der Waals surface area (Å²) in [5.74, 6) is 1.34. The first kappa shape index (κ1) is 28.1. The van der Waals surface area contributed by atoms with Crippen LogP contribution in [0.4, 0.5) is 5.82 Å². The van der Waals surface area contributed by atoms with Crippen LogP contribution >= 0.6 is 0 Å². The predicted molar refractivity (Wildman–Crippen MR) is 136 cm³/mol. The zero-order chi connectivity index (χ0) is 24.0. The van der Waals surface area contributed by atoms with Gasteiger partial charge in [0.15, 0.2) is 18.5 Å². The summed E-state index contributed by atoms with van der Waals surface area (Å²) in [5.41, 5.74) is 9.45. The van der Waals surface area contributed by atoms with E-state index in [4.69, 9.17) is 4.84 Å². The largest absolute Gasteiger partial charge is 1.00 e. The zero-order valence-electron chi connectivity index (χ0n) is 21.8. The maximum atomic E-state index is 5.09. The molecule has 0 unspecified atom stereocenters. The van der Waals surface area contributed by atoms with Crippen LogP contribution in [0.15, 0.2) is 48.1 Å². The van der Waals surface area contributed by atoms with Crippen molar-refractivity contribution >= 4 is 17.0 Å². The fourth-order valence-corrected chi connectivity index (χ4v) is 5.17. The summed E-state index contributed by atoms with van der Waals surface area (Å²) in [4.78, 5) is 13.8. The van der Waals surface area contributed by atoms with E-state index in [1.54, 1.807) is 13.4 Å². The number of hydrogen-bond acceptors (Lipinski definition) is 4. The van der Waals surface area contributed by atoms with Crippen LogP contribution in [0.2, 0.25) is 0 Å². The van der Waals surface area contributed by atoms with Gasteiger partial charge in [0.1, 0.15) is 0 Å². The van der Waals surface area contributed by atoms with Crippen molar-refractivity contribution < 1.29 is 21.8 Å². The van der Waals surface area contributed by atoms with Crippen LogP contribution in [-0.2, 0) is 18.4 Å². The van der Waals surface area contributed by atoms with Crippen LogP contribution in [0.25, 0.3) is 11.2 Å². The Bertz CT molecular complexity index is 1040. The Hall–Kier alpha value is -2.18. The number of anilines is 1. The molecular formula is C27H42ClN5O. The summed E-state index contributed by atoms with van der Waals surface area (Å²) in [6.45, 7) is 14.5. The van der Waals surface area contributed by atoms with Gasteiger partial charge in [0.2, 0.25) is 5.52 Å². The lowest BCUT2D eigenvalue weighted by Gasteiger charge is -2.40. The van der Waals surface area contributed by atoms with Gasteiger partial charge in [-0.25, -0.2) is 10.0 Å². The highest BCUT2D eigenvalue weighted by Crippen LogP contribution is 2.45. The lowest BCUT2D eigenvalue weighted by Crippen LogP contribution is -3.00. The van der Waals surface area contributed by atoms with E-state index < -0.39 is 0 Å². The summed E-state index contributed by atoms with van der Waals surface area (Å²) in [5, 5.41) is 0. The molecule has 2 aromatic heterocycles. The Morgan fingerprint density at radius 3 is 2.71 bits per heavy atom. The molecule has 1 N–H and O–H groups in total. The second-order valence-corrected chi connectivity index (χ2v) is 10.3. The normalized spacial score (nSPS) is 18.8. The summed E-state index contributed by atoms with van der Waals surface area (Å²) in [6.07, 6.45) is 16.7. The lowest BCUT2D eigenvalue weighted by atomic mass is 9.65.